The van der Waals surface area contributed by atoms with Gasteiger partial charge in [0.15, 0.2) is 0 Å². The van der Waals surface area contributed by atoms with Crippen LogP contribution in [0.15, 0.2) is 11.4 Å². The lowest BCUT2D eigenvalue weighted by atomic mass is 10.2. The molecule has 0 amide bonds. The van der Waals surface area contributed by atoms with Gasteiger partial charge in [-0.05, 0) is 37.3 Å². The van der Waals surface area contributed by atoms with Crippen molar-refractivity contribution in [2.45, 2.75) is 33.7 Å². The van der Waals surface area contributed by atoms with Crippen LogP contribution in [0.5, 0.6) is 0 Å². The Labute approximate surface area is 118 Å². The van der Waals surface area contributed by atoms with E-state index in [0.29, 0.717) is 0 Å². The molecule has 0 aliphatic heterocycles. The van der Waals surface area contributed by atoms with E-state index in [4.69, 9.17) is 0 Å². The lowest BCUT2D eigenvalue weighted by Gasteiger charge is -2.12. The molecule has 0 bridgehead atoms. The van der Waals surface area contributed by atoms with E-state index < -0.39 is 0 Å². The minimum atomic E-state index is 0.777. The van der Waals surface area contributed by atoms with Crippen molar-refractivity contribution in [3.05, 3.63) is 33.3 Å². The van der Waals surface area contributed by atoms with Crippen molar-refractivity contribution >= 4 is 23.0 Å². The Balaban J connectivity index is 2.18. The second kappa shape index (κ2) is 6.02. The van der Waals surface area contributed by atoms with Crippen LogP contribution in [0, 0.1) is 13.8 Å². The molecule has 0 unspecified atom stereocenters. The van der Waals surface area contributed by atoms with Gasteiger partial charge in [0.1, 0.15) is 17.5 Å². The number of aryl methyl sites for hydroxylation is 2. The second-order valence-electron chi connectivity index (χ2n) is 4.42. The summed E-state index contributed by atoms with van der Waals surface area (Å²) >= 11 is 1.79. The average Bonchev–Trinajstić information content (AvgIpc) is 2.86. The Morgan fingerprint density at radius 1 is 1.21 bits per heavy atom. The molecule has 2 aromatic heterocycles. The maximum atomic E-state index is 4.48. The summed E-state index contributed by atoms with van der Waals surface area (Å²) in [6.07, 6.45) is 1.07. The molecular weight excluding hydrogens is 256 g/mol. The van der Waals surface area contributed by atoms with Gasteiger partial charge in [-0.2, -0.15) is 0 Å². The molecule has 2 N–H and O–H groups in total. The van der Waals surface area contributed by atoms with Gasteiger partial charge >= 0.3 is 0 Å². The highest BCUT2D eigenvalue weighted by Crippen LogP contribution is 2.22. The normalized spacial score (nSPS) is 10.5. The van der Waals surface area contributed by atoms with Crippen molar-refractivity contribution in [3.8, 4) is 0 Å². The molecule has 0 fully saturated rings. The van der Waals surface area contributed by atoms with E-state index >= 15 is 0 Å². The van der Waals surface area contributed by atoms with Crippen LogP contribution in [0.4, 0.5) is 11.6 Å². The zero-order chi connectivity index (χ0) is 13.8. The number of aromatic nitrogens is 2. The first-order valence-corrected chi connectivity index (χ1v) is 7.35. The SMILES string of the molecule is CCc1ccsc1CNc1nc(C)nc(NC)c1C. The van der Waals surface area contributed by atoms with Gasteiger partial charge in [0.25, 0.3) is 0 Å². The number of thiophene rings is 1. The summed E-state index contributed by atoms with van der Waals surface area (Å²) < 4.78 is 0. The highest BCUT2D eigenvalue weighted by Gasteiger charge is 2.09. The van der Waals surface area contributed by atoms with Gasteiger partial charge in [-0.15, -0.1) is 11.3 Å². The van der Waals surface area contributed by atoms with Crippen molar-refractivity contribution in [1.29, 1.82) is 0 Å². The van der Waals surface area contributed by atoms with Crippen molar-refractivity contribution in [2.75, 3.05) is 17.7 Å². The predicted octanol–water partition coefficient (Wildman–Crippen LogP) is 3.37. The molecule has 0 radical (unpaired) electrons. The highest BCUT2D eigenvalue weighted by molar-refractivity contribution is 7.10. The van der Waals surface area contributed by atoms with E-state index in [9.17, 15) is 0 Å². The second-order valence-corrected chi connectivity index (χ2v) is 5.42. The molecule has 4 nitrogen and oxygen atoms in total. The topological polar surface area (TPSA) is 49.8 Å². The minimum Gasteiger partial charge on any atom is -0.373 e. The van der Waals surface area contributed by atoms with Crippen LogP contribution in [0.25, 0.3) is 0 Å². The predicted molar refractivity (Wildman–Crippen MR) is 82.1 cm³/mol. The molecular formula is C14H20N4S. The fourth-order valence-electron chi connectivity index (χ4n) is 2.05. The first kappa shape index (κ1) is 13.8. The van der Waals surface area contributed by atoms with Crippen LogP contribution < -0.4 is 10.6 Å². The Morgan fingerprint density at radius 2 is 1.95 bits per heavy atom. The monoisotopic (exact) mass is 276 g/mol. The molecule has 0 atom stereocenters. The fraction of sp³-hybridized carbons (Fsp3) is 0.429. The molecule has 19 heavy (non-hydrogen) atoms. The Morgan fingerprint density at radius 3 is 2.63 bits per heavy atom. The van der Waals surface area contributed by atoms with E-state index in [1.807, 2.05) is 20.9 Å². The summed E-state index contributed by atoms with van der Waals surface area (Å²) in [6, 6.07) is 2.19. The Kier molecular flexibility index (Phi) is 4.37. The molecule has 5 heteroatoms. The third-order valence-corrected chi connectivity index (χ3v) is 4.09. The fourth-order valence-corrected chi connectivity index (χ4v) is 2.96. The molecule has 2 aromatic rings. The minimum absolute atomic E-state index is 0.777. The zero-order valence-corrected chi connectivity index (χ0v) is 12.7. The standard InChI is InChI=1S/C14H20N4S/c1-5-11-6-7-19-12(11)8-16-14-9(2)13(15-4)17-10(3)18-14/h6-7H,5,8H2,1-4H3,(H2,15,16,17,18). The van der Waals surface area contributed by atoms with Crippen LogP contribution >= 0.6 is 11.3 Å². The first-order chi connectivity index (χ1) is 9.15. The molecule has 0 aromatic carbocycles. The van der Waals surface area contributed by atoms with Gasteiger partial charge in [-0.3, -0.25) is 0 Å². The summed E-state index contributed by atoms with van der Waals surface area (Å²) in [5, 5.41) is 8.67. The number of nitrogens with zero attached hydrogens (tertiary/aromatic N) is 2. The molecule has 0 spiro atoms. The van der Waals surface area contributed by atoms with Crippen LogP contribution in [0.1, 0.15) is 28.8 Å². The van der Waals surface area contributed by atoms with Crippen molar-refractivity contribution in [2.24, 2.45) is 0 Å². The van der Waals surface area contributed by atoms with Crippen molar-refractivity contribution in [3.63, 3.8) is 0 Å². The number of rotatable bonds is 5. The Hall–Kier alpha value is -1.62. The van der Waals surface area contributed by atoms with Gasteiger partial charge in [-0.25, -0.2) is 9.97 Å². The lowest BCUT2D eigenvalue weighted by Crippen LogP contribution is -2.08. The largest absolute Gasteiger partial charge is 0.373 e. The van der Waals surface area contributed by atoms with Crippen molar-refractivity contribution in [1.82, 2.24) is 9.97 Å². The average molecular weight is 276 g/mol. The third kappa shape index (κ3) is 3.04. The lowest BCUT2D eigenvalue weighted by molar-refractivity contribution is 1.00. The van der Waals surface area contributed by atoms with E-state index in [-0.39, 0.29) is 0 Å². The summed E-state index contributed by atoms with van der Waals surface area (Å²) in [5.74, 6) is 2.57. The Bertz CT molecular complexity index is 563. The van der Waals surface area contributed by atoms with Gasteiger partial charge in [0.05, 0.1) is 6.54 Å². The van der Waals surface area contributed by atoms with Crippen LogP contribution in [0.2, 0.25) is 0 Å². The molecule has 102 valence electrons. The van der Waals surface area contributed by atoms with Crippen LogP contribution in [0.3, 0.4) is 0 Å². The number of anilines is 2. The van der Waals surface area contributed by atoms with E-state index in [0.717, 1.165) is 36.0 Å². The summed E-state index contributed by atoms with van der Waals surface area (Å²) in [5.41, 5.74) is 2.47. The zero-order valence-electron chi connectivity index (χ0n) is 11.9. The van der Waals surface area contributed by atoms with Gasteiger partial charge in [0, 0.05) is 17.5 Å². The van der Waals surface area contributed by atoms with Crippen LogP contribution in [-0.4, -0.2) is 17.0 Å². The maximum absolute atomic E-state index is 4.48. The van der Waals surface area contributed by atoms with E-state index in [1.54, 1.807) is 11.3 Å². The van der Waals surface area contributed by atoms with Gasteiger partial charge in [0.2, 0.25) is 0 Å². The van der Waals surface area contributed by atoms with Crippen molar-refractivity contribution < 1.29 is 0 Å². The third-order valence-electron chi connectivity index (χ3n) is 3.13. The number of nitrogens with one attached hydrogen (secondary N) is 2. The molecule has 0 saturated heterocycles. The number of hydrogen-bond donors (Lipinski definition) is 2. The molecule has 2 rings (SSSR count). The summed E-state index contributed by atoms with van der Waals surface area (Å²) in [7, 11) is 1.88. The molecule has 0 aliphatic rings. The molecule has 0 saturated carbocycles. The number of hydrogen-bond acceptors (Lipinski definition) is 5. The van der Waals surface area contributed by atoms with E-state index in [2.05, 4.69) is 39.0 Å². The van der Waals surface area contributed by atoms with Gasteiger partial charge < -0.3 is 10.6 Å². The van der Waals surface area contributed by atoms with Gasteiger partial charge in [-0.1, -0.05) is 6.92 Å². The molecule has 0 aliphatic carbocycles. The maximum Gasteiger partial charge on any atom is 0.135 e. The smallest absolute Gasteiger partial charge is 0.135 e. The van der Waals surface area contributed by atoms with E-state index in [1.165, 1.54) is 10.4 Å². The van der Waals surface area contributed by atoms with Crippen LogP contribution in [-0.2, 0) is 13.0 Å². The first-order valence-electron chi connectivity index (χ1n) is 6.47. The summed E-state index contributed by atoms with van der Waals surface area (Å²) in [6.45, 7) is 6.95. The molecule has 2 heterocycles. The quantitative estimate of drug-likeness (QED) is 0.879. The summed E-state index contributed by atoms with van der Waals surface area (Å²) in [4.78, 5) is 10.2. The highest BCUT2D eigenvalue weighted by atomic mass is 32.1.